The van der Waals surface area contributed by atoms with Crippen LogP contribution in [0, 0.1) is 13.8 Å². The fourth-order valence-electron chi connectivity index (χ4n) is 3.49. The molecule has 0 radical (unpaired) electrons. The van der Waals surface area contributed by atoms with Crippen LogP contribution in [0.1, 0.15) is 30.4 Å². The van der Waals surface area contributed by atoms with E-state index in [2.05, 4.69) is 9.62 Å². The third-order valence-corrected chi connectivity index (χ3v) is 6.37. The monoisotopic (exact) mass is 309 g/mol. The van der Waals surface area contributed by atoms with Crippen LogP contribution in [0.4, 0.5) is 5.69 Å². The molecule has 3 N–H and O–H groups in total. The number of aryl methyl sites for hydroxylation is 1. The number of nitrogen functional groups attached to an aromatic ring is 1. The summed E-state index contributed by atoms with van der Waals surface area (Å²) >= 11 is 0. The zero-order valence-electron chi connectivity index (χ0n) is 12.6. The summed E-state index contributed by atoms with van der Waals surface area (Å²) in [6, 6.07) is 3.66. The first-order valence-electron chi connectivity index (χ1n) is 7.51. The second-order valence-electron chi connectivity index (χ2n) is 6.22. The van der Waals surface area contributed by atoms with E-state index >= 15 is 0 Å². The molecule has 0 aromatic heterocycles. The number of hydrogen-bond donors (Lipinski definition) is 2. The SMILES string of the molecule is Cc1cc(S(=O)(=O)NC2CCN3CCCC23)cc(N)c1C. The van der Waals surface area contributed by atoms with E-state index in [0.29, 0.717) is 11.7 Å². The highest BCUT2D eigenvalue weighted by atomic mass is 32.2. The lowest BCUT2D eigenvalue weighted by Gasteiger charge is -2.21. The molecular formula is C15H23N3O2S. The maximum absolute atomic E-state index is 12.6. The molecular weight excluding hydrogens is 286 g/mol. The molecule has 3 rings (SSSR count). The molecule has 5 nitrogen and oxygen atoms in total. The molecule has 6 heteroatoms. The fourth-order valence-corrected chi connectivity index (χ4v) is 4.92. The first-order chi connectivity index (χ1) is 9.88. The summed E-state index contributed by atoms with van der Waals surface area (Å²) in [5, 5.41) is 0. The van der Waals surface area contributed by atoms with E-state index < -0.39 is 10.0 Å². The predicted molar refractivity (Wildman–Crippen MR) is 83.6 cm³/mol. The third kappa shape index (κ3) is 2.67. The van der Waals surface area contributed by atoms with Gasteiger partial charge in [0, 0.05) is 24.3 Å². The minimum Gasteiger partial charge on any atom is -0.398 e. The summed E-state index contributed by atoms with van der Waals surface area (Å²) in [6.07, 6.45) is 3.14. The van der Waals surface area contributed by atoms with Gasteiger partial charge in [0.25, 0.3) is 0 Å². The number of benzene rings is 1. The largest absolute Gasteiger partial charge is 0.398 e. The molecule has 116 valence electrons. The van der Waals surface area contributed by atoms with Crippen LogP contribution in [0.2, 0.25) is 0 Å². The number of fused-ring (bicyclic) bond motifs is 1. The number of rotatable bonds is 3. The molecule has 2 aliphatic rings. The van der Waals surface area contributed by atoms with Gasteiger partial charge in [-0.05, 0) is 62.9 Å². The van der Waals surface area contributed by atoms with E-state index in [1.165, 1.54) is 6.42 Å². The number of nitrogens with two attached hydrogens (primary N) is 1. The van der Waals surface area contributed by atoms with E-state index in [1.54, 1.807) is 12.1 Å². The Hall–Kier alpha value is -1.11. The van der Waals surface area contributed by atoms with Crippen LogP contribution in [0.25, 0.3) is 0 Å². The van der Waals surface area contributed by atoms with Gasteiger partial charge in [-0.2, -0.15) is 0 Å². The zero-order chi connectivity index (χ0) is 15.2. The molecule has 0 bridgehead atoms. The van der Waals surface area contributed by atoms with Gasteiger partial charge in [-0.3, -0.25) is 4.90 Å². The van der Waals surface area contributed by atoms with E-state index in [0.717, 1.165) is 37.1 Å². The Morgan fingerprint density at radius 3 is 2.71 bits per heavy atom. The summed E-state index contributed by atoms with van der Waals surface area (Å²) in [5.74, 6) is 0. The maximum atomic E-state index is 12.6. The van der Waals surface area contributed by atoms with Gasteiger partial charge in [-0.1, -0.05) is 0 Å². The van der Waals surface area contributed by atoms with Gasteiger partial charge in [-0.15, -0.1) is 0 Å². The van der Waals surface area contributed by atoms with Crippen molar-refractivity contribution >= 4 is 15.7 Å². The lowest BCUT2D eigenvalue weighted by molar-refractivity contribution is 0.309. The fraction of sp³-hybridized carbons (Fsp3) is 0.600. The molecule has 1 aromatic carbocycles. The van der Waals surface area contributed by atoms with Gasteiger partial charge < -0.3 is 5.73 Å². The Morgan fingerprint density at radius 2 is 2.00 bits per heavy atom. The van der Waals surface area contributed by atoms with Crippen molar-refractivity contribution in [3.63, 3.8) is 0 Å². The van der Waals surface area contributed by atoms with Crippen LogP contribution in [0.5, 0.6) is 0 Å². The summed E-state index contributed by atoms with van der Waals surface area (Å²) < 4.78 is 28.1. The van der Waals surface area contributed by atoms with Gasteiger partial charge in [0.1, 0.15) is 0 Å². The van der Waals surface area contributed by atoms with E-state index in [4.69, 9.17) is 5.73 Å². The Balaban J connectivity index is 1.84. The molecule has 21 heavy (non-hydrogen) atoms. The summed E-state index contributed by atoms with van der Waals surface area (Å²) in [5.41, 5.74) is 8.29. The van der Waals surface area contributed by atoms with Gasteiger partial charge in [0.15, 0.2) is 0 Å². The number of hydrogen-bond acceptors (Lipinski definition) is 4. The smallest absolute Gasteiger partial charge is 0.240 e. The van der Waals surface area contributed by atoms with Crippen molar-refractivity contribution in [3.05, 3.63) is 23.3 Å². The van der Waals surface area contributed by atoms with Gasteiger partial charge in [-0.25, -0.2) is 13.1 Å². The highest BCUT2D eigenvalue weighted by Crippen LogP contribution is 2.29. The third-order valence-electron chi connectivity index (χ3n) is 4.90. The zero-order valence-corrected chi connectivity index (χ0v) is 13.4. The summed E-state index contributed by atoms with van der Waals surface area (Å²) in [7, 11) is -3.50. The van der Waals surface area contributed by atoms with Crippen LogP contribution < -0.4 is 10.5 Å². The second-order valence-corrected chi connectivity index (χ2v) is 7.93. The quantitative estimate of drug-likeness (QED) is 0.828. The van der Waals surface area contributed by atoms with Gasteiger partial charge >= 0.3 is 0 Å². The number of nitrogens with one attached hydrogen (secondary N) is 1. The molecule has 2 heterocycles. The van der Waals surface area contributed by atoms with Crippen molar-refractivity contribution < 1.29 is 8.42 Å². The van der Waals surface area contributed by atoms with E-state index in [-0.39, 0.29) is 10.9 Å². The number of anilines is 1. The van der Waals surface area contributed by atoms with Crippen molar-refractivity contribution in [2.24, 2.45) is 0 Å². The van der Waals surface area contributed by atoms with Crippen LogP contribution in [-0.2, 0) is 10.0 Å². The Kier molecular flexibility index (Phi) is 3.71. The molecule has 2 unspecified atom stereocenters. The number of sulfonamides is 1. The Bertz CT molecular complexity index is 634. The first-order valence-corrected chi connectivity index (χ1v) is 9.00. The number of nitrogens with zero attached hydrogens (tertiary/aromatic N) is 1. The van der Waals surface area contributed by atoms with Crippen molar-refractivity contribution in [2.75, 3.05) is 18.8 Å². The molecule has 2 atom stereocenters. The second kappa shape index (κ2) is 5.26. The highest BCUT2D eigenvalue weighted by molar-refractivity contribution is 7.89. The maximum Gasteiger partial charge on any atom is 0.240 e. The van der Waals surface area contributed by atoms with Crippen LogP contribution in [-0.4, -0.2) is 38.5 Å². The van der Waals surface area contributed by atoms with Crippen LogP contribution >= 0.6 is 0 Å². The Morgan fingerprint density at radius 1 is 1.24 bits per heavy atom. The minimum atomic E-state index is -3.50. The molecule has 0 saturated carbocycles. The summed E-state index contributed by atoms with van der Waals surface area (Å²) in [4.78, 5) is 2.67. The van der Waals surface area contributed by atoms with Crippen molar-refractivity contribution in [1.82, 2.24) is 9.62 Å². The molecule has 0 aliphatic carbocycles. The van der Waals surface area contributed by atoms with Crippen molar-refractivity contribution in [1.29, 1.82) is 0 Å². The molecule has 1 aromatic rings. The first kappa shape index (κ1) is 14.8. The Labute approximate surface area is 126 Å². The lowest BCUT2D eigenvalue weighted by Crippen LogP contribution is -2.42. The molecule has 2 aliphatic heterocycles. The van der Waals surface area contributed by atoms with E-state index in [1.807, 2.05) is 13.8 Å². The van der Waals surface area contributed by atoms with Crippen LogP contribution in [0.3, 0.4) is 0 Å². The van der Waals surface area contributed by atoms with Gasteiger partial charge in [0.2, 0.25) is 10.0 Å². The predicted octanol–water partition coefficient (Wildman–Crippen LogP) is 1.40. The molecule has 2 saturated heterocycles. The van der Waals surface area contributed by atoms with Crippen molar-refractivity contribution in [2.45, 2.75) is 50.1 Å². The average Bonchev–Trinajstić information content (AvgIpc) is 3.00. The topological polar surface area (TPSA) is 75.4 Å². The van der Waals surface area contributed by atoms with Crippen LogP contribution in [0.15, 0.2) is 17.0 Å². The summed E-state index contributed by atoms with van der Waals surface area (Å²) in [6.45, 7) is 5.88. The normalized spacial score (nSPS) is 26.2. The van der Waals surface area contributed by atoms with Gasteiger partial charge in [0.05, 0.1) is 4.90 Å². The average molecular weight is 309 g/mol. The molecule has 0 spiro atoms. The minimum absolute atomic E-state index is 0.0281. The molecule has 0 amide bonds. The van der Waals surface area contributed by atoms with Crippen molar-refractivity contribution in [3.8, 4) is 0 Å². The highest BCUT2D eigenvalue weighted by Gasteiger charge is 2.39. The lowest BCUT2D eigenvalue weighted by atomic mass is 10.1. The van der Waals surface area contributed by atoms with E-state index in [9.17, 15) is 8.42 Å². The standard InChI is InChI=1S/C15H23N3O2S/c1-10-8-12(9-13(16)11(10)2)21(19,20)17-14-5-7-18-6-3-4-15(14)18/h8-9,14-15,17H,3-7,16H2,1-2H3. The molecule has 2 fully saturated rings.